The fourth-order valence-electron chi connectivity index (χ4n) is 5.22. The summed E-state index contributed by atoms with van der Waals surface area (Å²) in [5, 5.41) is 23.7. The van der Waals surface area contributed by atoms with Crippen LogP contribution in [0.4, 0.5) is 16.3 Å². The first-order valence-electron chi connectivity index (χ1n) is 13.0. The number of hydrogen-bond donors (Lipinski definition) is 3. The number of para-hydroxylation sites is 1. The van der Waals surface area contributed by atoms with E-state index in [9.17, 15) is 9.90 Å². The minimum absolute atomic E-state index is 0.0677. The number of benzene rings is 3. The van der Waals surface area contributed by atoms with Crippen molar-refractivity contribution in [2.45, 2.75) is 12.8 Å². The summed E-state index contributed by atoms with van der Waals surface area (Å²) in [5.41, 5.74) is 3.89. The Morgan fingerprint density at radius 1 is 1.08 bits per heavy atom. The van der Waals surface area contributed by atoms with Crippen molar-refractivity contribution < 1.29 is 9.90 Å². The summed E-state index contributed by atoms with van der Waals surface area (Å²) in [7, 11) is 1.97. The molecule has 3 aromatic carbocycles. The van der Waals surface area contributed by atoms with E-state index in [2.05, 4.69) is 27.9 Å². The van der Waals surface area contributed by atoms with Crippen molar-refractivity contribution in [3.05, 3.63) is 79.0 Å². The fraction of sp³-hybridized carbons (Fsp3) is 0.207. The number of phenolic OH excluding ortho intramolecular Hbond substituents is 1. The zero-order valence-electron chi connectivity index (χ0n) is 21.3. The number of amides is 2. The maximum absolute atomic E-state index is 13.2. The van der Waals surface area contributed by atoms with E-state index in [-0.39, 0.29) is 17.7 Å². The average Bonchev–Trinajstić information content (AvgIpc) is 3.33. The Kier molecular flexibility index (Phi) is 6.33. The van der Waals surface area contributed by atoms with Crippen LogP contribution in [0.15, 0.2) is 79.0 Å². The highest BCUT2D eigenvalue weighted by atomic mass is 16.3. The van der Waals surface area contributed by atoms with Gasteiger partial charge < -0.3 is 20.6 Å². The minimum atomic E-state index is -0.0677. The second-order valence-electron chi connectivity index (χ2n) is 9.90. The van der Waals surface area contributed by atoms with Crippen LogP contribution in [0, 0.1) is 5.92 Å². The lowest BCUT2D eigenvalue weighted by molar-refractivity contribution is 0.180. The number of likely N-dealkylation sites (tertiary alicyclic amines) is 1. The normalized spacial score (nSPS) is 15.6. The molecule has 1 aliphatic rings. The van der Waals surface area contributed by atoms with E-state index in [4.69, 9.17) is 4.98 Å². The van der Waals surface area contributed by atoms with Crippen LogP contribution in [0.5, 0.6) is 5.75 Å². The first-order chi connectivity index (χ1) is 18.6. The molecule has 2 amide bonds. The number of hydrogen-bond acceptors (Lipinski definition) is 5. The van der Waals surface area contributed by atoms with Crippen molar-refractivity contribution in [3.8, 4) is 17.0 Å². The lowest BCUT2D eigenvalue weighted by Gasteiger charge is -2.33. The first-order valence-corrected chi connectivity index (χ1v) is 13.0. The third-order valence-electron chi connectivity index (χ3n) is 7.24. The van der Waals surface area contributed by atoms with Gasteiger partial charge in [0.2, 0.25) is 0 Å². The molecule has 0 radical (unpaired) electrons. The maximum Gasteiger partial charge on any atom is 0.321 e. The molecule has 1 saturated heterocycles. The molecule has 3 heterocycles. The number of carbonyl (C=O) groups is 1. The van der Waals surface area contributed by atoms with Crippen molar-refractivity contribution in [1.82, 2.24) is 19.5 Å². The van der Waals surface area contributed by atoms with E-state index in [0.717, 1.165) is 52.8 Å². The summed E-state index contributed by atoms with van der Waals surface area (Å²) < 4.78 is 1.80. The number of aromatic nitrogens is 3. The number of carbonyl (C=O) groups excluding carboxylic acids is 1. The molecule has 1 atom stereocenters. The van der Waals surface area contributed by atoms with Crippen molar-refractivity contribution >= 4 is 47.3 Å². The number of phenols is 1. The van der Waals surface area contributed by atoms with Crippen LogP contribution < -0.4 is 16.1 Å². The van der Waals surface area contributed by atoms with Gasteiger partial charge in [0.05, 0.1) is 11.4 Å². The van der Waals surface area contributed by atoms with Crippen LogP contribution in [0.25, 0.3) is 27.7 Å². The van der Waals surface area contributed by atoms with Gasteiger partial charge in [0.25, 0.3) is 0 Å². The van der Waals surface area contributed by atoms with Crippen molar-refractivity contribution in [3.63, 3.8) is 0 Å². The third-order valence-corrected chi connectivity index (χ3v) is 7.24. The highest BCUT2D eigenvalue weighted by Crippen LogP contribution is 2.30. The van der Waals surface area contributed by atoms with Gasteiger partial charge in [-0.3, -0.25) is 0 Å². The summed E-state index contributed by atoms with van der Waals surface area (Å²) in [6, 6.07) is 23.1. The highest BCUT2D eigenvalue weighted by molar-refractivity contribution is 6.36. The van der Waals surface area contributed by atoms with E-state index in [1.807, 2.05) is 61.3 Å². The van der Waals surface area contributed by atoms with Gasteiger partial charge in [-0.15, -0.1) is 0 Å². The number of piperidine rings is 1. The Hall–Kier alpha value is -4.53. The zero-order valence-corrected chi connectivity index (χ0v) is 21.3. The topological polar surface area (TPSA) is 94.8 Å². The summed E-state index contributed by atoms with van der Waals surface area (Å²) in [6.07, 6.45) is 3.77. The molecule has 38 heavy (non-hydrogen) atoms. The van der Waals surface area contributed by atoms with Crippen LogP contribution >= 0.6 is 0 Å². The Bertz CT molecular complexity index is 1630. The Labute approximate surface area is 221 Å². The first kappa shape index (κ1) is 23.8. The van der Waals surface area contributed by atoms with Gasteiger partial charge in [-0.05, 0) is 47.8 Å². The molecule has 5 aromatic rings. The van der Waals surface area contributed by atoms with E-state index in [1.54, 1.807) is 22.8 Å². The van der Waals surface area contributed by atoms with Gasteiger partial charge >= 0.3 is 6.03 Å². The maximum atomic E-state index is 13.2. The lowest BCUT2D eigenvalue weighted by Crippen LogP contribution is -2.44. The summed E-state index contributed by atoms with van der Waals surface area (Å²) in [5.74, 6) is 1.28. The number of urea groups is 1. The Morgan fingerprint density at radius 3 is 2.79 bits per heavy atom. The Morgan fingerprint density at radius 2 is 1.89 bits per heavy atom. The predicted molar refractivity (Wildman–Crippen MR) is 154 cm³/mol. The van der Waals surface area contributed by atoms with Gasteiger partial charge in [0.1, 0.15) is 19.4 Å². The molecule has 0 spiro atoms. The molecule has 1 aliphatic heterocycles. The largest absolute Gasteiger partial charge is 0.507 e. The molecular formula is C29H29BN6O2. The molecule has 1 unspecified atom stereocenters. The number of anilines is 2. The fourth-order valence-corrected chi connectivity index (χ4v) is 5.22. The van der Waals surface area contributed by atoms with Gasteiger partial charge in [-0.25, -0.2) is 9.78 Å². The number of nitrogens with one attached hydrogen (secondary N) is 2. The molecule has 0 saturated carbocycles. The molecule has 3 N–H and O–H groups in total. The standard InChI is InChI=1S/C29H29BN6O2/c30-23-17-32-36-27(15-25(33-28(23)36)22-11-3-4-13-26(22)37)31-16-19-7-6-14-35(18-19)29(38)34-24-12-5-9-20-8-1-2-10-21(20)24/h1-5,8-13,15,17,19,31,37H,6-7,14,16,18,30H2,(H,34,38). The molecule has 0 bridgehead atoms. The molecule has 1 fully saturated rings. The van der Waals surface area contributed by atoms with Crippen LogP contribution in [-0.2, 0) is 0 Å². The average molecular weight is 504 g/mol. The van der Waals surface area contributed by atoms with Crippen LogP contribution in [0.2, 0.25) is 0 Å². The molecular weight excluding hydrogens is 475 g/mol. The summed E-state index contributed by atoms with van der Waals surface area (Å²) >= 11 is 0. The molecule has 9 heteroatoms. The van der Waals surface area contributed by atoms with Gasteiger partial charge in [0, 0.05) is 42.8 Å². The second kappa shape index (κ2) is 10.1. The number of rotatable bonds is 5. The quantitative estimate of drug-likeness (QED) is 0.316. The van der Waals surface area contributed by atoms with Gasteiger partial charge in [-0.1, -0.05) is 48.5 Å². The van der Waals surface area contributed by atoms with Crippen LogP contribution in [0.1, 0.15) is 12.8 Å². The third kappa shape index (κ3) is 4.63. The van der Waals surface area contributed by atoms with E-state index < -0.39 is 0 Å². The molecule has 6 rings (SSSR count). The second-order valence-corrected chi connectivity index (χ2v) is 9.90. The van der Waals surface area contributed by atoms with Crippen molar-refractivity contribution in [1.29, 1.82) is 0 Å². The predicted octanol–water partition coefficient (Wildman–Crippen LogP) is 3.87. The minimum Gasteiger partial charge on any atom is -0.507 e. The summed E-state index contributed by atoms with van der Waals surface area (Å²) in [6.45, 7) is 2.10. The smallest absolute Gasteiger partial charge is 0.321 e. The van der Waals surface area contributed by atoms with Crippen LogP contribution in [-0.4, -0.2) is 58.1 Å². The highest BCUT2D eigenvalue weighted by Gasteiger charge is 2.24. The van der Waals surface area contributed by atoms with Crippen molar-refractivity contribution in [2.24, 2.45) is 5.92 Å². The van der Waals surface area contributed by atoms with E-state index >= 15 is 0 Å². The molecule has 2 aromatic heterocycles. The number of nitrogens with zero attached hydrogens (tertiary/aromatic N) is 4. The van der Waals surface area contributed by atoms with Gasteiger partial charge in [0.15, 0.2) is 5.65 Å². The summed E-state index contributed by atoms with van der Waals surface area (Å²) in [4.78, 5) is 19.9. The monoisotopic (exact) mass is 504 g/mol. The number of aromatic hydroxyl groups is 1. The van der Waals surface area contributed by atoms with Crippen LogP contribution in [0.3, 0.4) is 0 Å². The lowest BCUT2D eigenvalue weighted by atomic mass is 9.98. The molecule has 8 nitrogen and oxygen atoms in total. The molecule has 190 valence electrons. The van der Waals surface area contributed by atoms with Crippen molar-refractivity contribution in [2.75, 3.05) is 30.3 Å². The Balaban J connectivity index is 1.18. The SMILES string of the molecule is Bc1cnn2c(NCC3CCCN(C(=O)Nc4cccc5ccccc45)C3)cc(-c3ccccc3O)nc12. The van der Waals surface area contributed by atoms with E-state index in [1.165, 1.54) is 0 Å². The number of fused-ring (bicyclic) bond motifs is 2. The zero-order chi connectivity index (χ0) is 26.1. The van der Waals surface area contributed by atoms with E-state index in [0.29, 0.717) is 24.3 Å². The van der Waals surface area contributed by atoms with Gasteiger partial charge in [-0.2, -0.15) is 9.61 Å². The molecule has 0 aliphatic carbocycles.